The Morgan fingerprint density at radius 2 is 1.73 bits per heavy atom. The summed E-state index contributed by atoms with van der Waals surface area (Å²) in [6.07, 6.45) is 6.14. The summed E-state index contributed by atoms with van der Waals surface area (Å²) < 4.78 is 25.4. The molecule has 1 aromatic heterocycles. The maximum atomic E-state index is 5.83. The third-order valence-electron chi connectivity index (χ3n) is 5.02. The third-order valence-corrected chi connectivity index (χ3v) is 5.02. The normalized spacial score (nSPS) is 20.8. The van der Waals surface area contributed by atoms with Gasteiger partial charge in [0.1, 0.15) is 6.54 Å². The minimum Gasteiger partial charge on any atom is -0.345 e. The lowest BCUT2D eigenvalue weighted by Crippen LogP contribution is -2.58. The third kappa shape index (κ3) is 1.77. The SMILES string of the molecule is COC1(OC)C=Cc2c(cc3[n+](c2C)CCC3)C1(OC)OC. The summed E-state index contributed by atoms with van der Waals surface area (Å²) in [5.74, 6) is -2.25. The Labute approximate surface area is 131 Å². The van der Waals surface area contributed by atoms with Crippen molar-refractivity contribution in [2.24, 2.45) is 0 Å². The molecule has 1 aliphatic heterocycles. The molecule has 0 amide bonds. The van der Waals surface area contributed by atoms with Gasteiger partial charge in [-0.3, -0.25) is 0 Å². The number of fused-ring (bicyclic) bond motifs is 2. The van der Waals surface area contributed by atoms with Crippen molar-refractivity contribution in [1.82, 2.24) is 0 Å². The molecular weight excluding hydrogens is 282 g/mol. The highest BCUT2D eigenvalue weighted by atomic mass is 16.8. The van der Waals surface area contributed by atoms with Gasteiger partial charge in [-0.2, -0.15) is 4.57 Å². The van der Waals surface area contributed by atoms with Gasteiger partial charge in [-0.1, -0.05) is 0 Å². The van der Waals surface area contributed by atoms with Crippen LogP contribution >= 0.6 is 0 Å². The number of nitrogens with zero attached hydrogens (tertiary/aromatic N) is 1. The van der Waals surface area contributed by atoms with Crippen molar-refractivity contribution in [3.05, 3.63) is 34.7 Å². The molecule has 0 saturated heterocycles. The fourth-order valence-corrected chi connectivity index (χ4v) is 3.86. The molecule has 0 unspecified atom stereocenters. The summed E-state index contributed by atoms with van der Waals surface area (Å²) in [5, 5.41) is 0. The minimum atomic E-state index is -1.14. The van der Waals surface area contributed by atoms with Crippen LogP contribution < -0.4 is 4.57 Å². The molecular formula is C17H24NO4+. The van der Waals surface area contributed by atoms with Crippen LogP contribution in [0.25, 0.3) is 6.08 Å². The summed E-state index contributed by atoms with van der Waals surface area (Å²) in [6, 6.07) is 2.17. The molecule has 22 heavy (non-hydrogen) atoms. The van der Waals surface area contributed by atoms with Gasteiger partial charge in [0.05, 0.1) is 5.56 Å². The summed E-state index contributed by atoms with van der Waals surface area (Å²) in [4.78, 5) is 0. The standard InChI is InChI=1S/C17H24NO4/c1-12-14-8-9-16(19-2,20-3)17(21-4,22-5)15(14)11-13-7-6-10-18(12)13/h8-9,11H,6-7,10H2,1-5H3/q+1. The molecule has 0 aromatic carbocycles. The van der Waals surface area contributed by atoms with Crippen molar-refractivity contribution in [2.75, 3.05) is 28.4 Å². The number of hydrogen-bond acceptors (Lipinski definition) is 4. The van der Waals surface area contributed by atoms with Gasteiger partial charge in [0.15, 0.2) is 11.4 Å². The molecule has 2 heterocycles. The van der Waals surface area contributed by atoms with Crippen LogP contribution in [0, 0.1) is 6.92 Å². The lowest BCUT2D eigenvalue weighted by atomic mass is 9.85. The molecule has 1 aliphatic carbocycles. The van der Waals surface area contributed by atoms with Crippen LogP contribution in [-0.4, -0.2) is 34.2 Å². The van der Waals surface area contributed by atoms with E-state index in [9.17, 15) is 0 Å². The van der Waals surface area contributed by atoms with E-state index in [1.54, 1.807) is 28.4 Å². The average molecular weight is 306 g/mol. The van der Waals surface area contributed by atoms with Crippen LogP contribution in [0.1, 0.15) is 28.9 Å². The molecule has 5 heteroatoms. The first-order valence-electron chi connectivity index (χ1n) is 7.55. The van der Waals surface area contributed by atoms with Crippen molar-refractivity contribution < 1.29 is 23.5 Å². The van der Waals surface area contributed by atoms with E-state index in [0.717, 1.165) is 24.1 Å². The Morgan fingerprint density at radius 1 is 1.05 bits per heavy atom. The van der Waals surface area contributed by atoms with Crippen molar-refractivity contribution in [1.29, 1.82) is 0 Å². The van der Waals surface area contributed by atoms with Crippen LogP contribution in [0.5, 0.6) is 0 Å². The van der Waals surface area contributed by atoms with Crippen LogP contribution in [0.2, 0.25) is 0 Å². The first kappa shape index (κ1) is 15.6. The molecule has 0 spiro atoms. The summed E-state index contributed by atoms with van der Waals surface area (Å²) in [7, 11) is 6.44. The molecule has 0 bridgehead atoms. The maximum Gasteiger partial charge on any atom is 0.255 e. The molecule has 0 fully saturated rings. The van der Waals surface area contributed by atoms with Crippen molar-refractivity contribution in [2.45, 2.75) is 37.9 Å². The summed E-state index contributed by atoms with van der Waals surface area (Å²) >= 11 is 0. The predicted octanol–water partition coefficient (Wildman–Crippen LogP) is 1.69. The molecule has 5 nitrogen and oxygen atoms in total. The second-order valence-corrected chi connectivity index (χ2v) is 5.74. The van der Waals surface area contributed by atoms with Gasteiger partial charge in [-0.25, -0.2) is 0 Å². The highest BCUT2D eigenvalue weighted by Crippen LogP contribution is 2.47. The van der Waals surface area contributed by atoms with E-state index in [4.69, 9.17) is 18.9 Å². The highest BCUT2D eigenvalue weighted by Gasteiger charge is 2.58. The molecule has 0 atom stereocenters. The first-order valence-corrected chi connectivity index (χ1v) is 7.55. The Morgan fingerprint density at radius 3 is 2.32 bits per heavy atom. The number of methoxy groups -OCH3 is 4. The van der Waals surface area contributed by atoms with Crippen molar-refractivity contribution >= 4 is 6.08 Å². The average Bonchev–Trinajstić information content (AvgIpc) is 3.03. The van der Waals surface area contributed by atoms with E-state index < -0.39 is 11.6 Å². The molecule has 0 saturated carbocycles. The number of rotatable bonds is 4. The Kier molecular flexibility index (Phi) is 3.85. The Balaban J connectivity index is 2.31. The second-order valence-electron chi connectivity index (χ2n) is 5.74. The molecule has 1 aromatic rings. The van der Waals surface area contributed by atoms with Crippen LogP contribution in [0.3, 0.4) is 0 Å². The van der Waals surface area contributed by atoms with Gasteiger partial charge in [-0.05, 0) is 12.2 Å². The predicted molar refractivity (Wildman–Crippen MR) is 81.2 cm³/mol. The Hall–Kier alpha value is -1.27. The number of aryl methyl sites for hydroxylation is 1. The largest absolute Gasteiger partial charge is 0.345 e. The van der Waals surface area contributed by atoms with E-state index in [-0.39, 0.29) is 0 Å². The summed E-state index contributed by atoms with van der Waals surface area (Å²) in [6.45, 7) is 3.20. The topological polar surface area (TPSA) is 40.8 Å². The number of aromatic nitrogens is 1. The van der Waals surface area contributed by atoms with Gasteiger partial charge in [0.25, 0.3) is 5.79 Å². The highest BCUT2D eigenvalue weighted by molar-refractivity contribution is 5.62. The van der Waals surface area contributed by atoms with E-state index in [1.165, 1.54) is 17.8 Å². The van der Waals surface area contributed by atoms with E-state index in [2.05, 4.69) is 17.6 Å². The quantitative estimate of drug-likeness (QED) is 0.627. The van der Waals surface area contributed by atoms with Gasteiger partial charge < -0.3 is 18.9 Å². The van der Waals surface area contributed by atoms with Crippen molar-refractivity contribution in [3.63, 3.8) is 0 Å². The van der Waals surface area contributed by atoms with E-state index in [1.807, 2.05) is 12.2 Å². The Bertz CT molecular complexity index is 616. The number of hydrogen-bond donors (Lipinski definition) is 0. The zero-order valence-corrected chi connectivity index (χ0v) is 13.9. The van der Waals surface area contributed by atoms with E-state index >= 15 is 0 Å². The van der Waals surface area contributed by atoms with Gasteiger partial charge in [0.2, 0.25) is 5.79 Å². The second kappa shape index (κ2) is 5.42. The van der Waals surface area contributed by atoms with Gasteiger partial charge >= 0.3 is 0 Å². The lowest BCUT2D eigenvalue weighted by Gasteiger charge is -2.46. The summed E-state index contributed by atoms with van der Waals surface area (Å²) in [5.41, 5.74) is 4.58. The molecule has 120 valence electrons. The smallest absolute Gasteiger partial charge is 0.255 e. The molecule has 0 N–H and O–H groups in total. The number of ether oxygens (including phenoxy) is 4. The zero-order chi connectivity index (χ0) is 16.0. The maximum absolute atomic E-state index is 5.83. The van der Waals surface area contributed by atoms with Crippen LogP contribution in [-0.2, 0) is 37.7 Å². The van der Waals surface area contributed by atoms with E-state index in [0.29, 0.717) is 0 Å². The van der Waals surface area contributed by atoms with Gasteiger partial charge in [-0.15, -0.1) is 0 Å². The monoisotopic (exact) mass is 306 g/mol. The molecule has 3 rings (SSSR count). The first-order chi connectivity index (χ1) is 10.6. The molecule has 2 aliphatic rings. The van der Waals surface area contributed by atoms with Crippen LogP contribution in [0.15, 0.2) is 12.1 Å². The van der Waals surface area contributed by atoms with Gasteiger partial charge in [0, 0.05) is 59.8 Å². The fraction of sp³-hybridized carbons (Fsp3) is 0.588. The van der Waals surface area contributed by atoms with Crippen LogP contribution in [0.4, 0.5) is 0 Å². The lowest BCUT2D eigenvalue weighted by molar-refractivity contribution is -0.697. The number of pyridine rings is 1. The van der Waals surface area contributed by atoms with Crippen molar-refractivity contribution in [3.8, 4) is 0 Å². The minimum absolute atomic E-state index is 0.953. The molecule has 0 radical (unpaired) electrons. The zero-order valence-electron chi connectivity index (χ0n) is 13.9. The fourth-order valence-electron chi connectivity index (χ4n) is 3.86.